The molecule has 4 rings (SSSR count). The first-order chi connectivity index (χ1) is 14.9. The third kappa shape index (κ3) is 4.57. The molecule has 0 radical (unpaired) electrons. The van der Waals surface area contributed by atoms with Gasteiger partial charge in [-0.25, -0.2) is 0 Å². The molecule has 2 aromatic heterocycles. The molecule has 0 aliphatic carbocycles. The molecule has 0 aliphatic heterocycles. The Kier molecular flexibility index (Phi) is 5.96. The molecule has 0 N–H and O–H groups in total. The number of nitrogens with zero attached hydrogens (tertiary/aromatic N) is 7. The third-order valence-electron chi connectivity index (χ3n) is 4.44. The van der Waals surface area contributed by atoms with Crippen LogP contribution >= 0.6 is 23.4 Å². The van der Waals surface area contributed by atoms with Crippen LogP contribution in [0.15, 0.2) is 53.7 Å². The van der Waals surface area contributed by atoms with Crippen molar-refractivity contribution in [3.63, 3.8) is 0 Å². The molecule has 4 aromatic rings. The summed E-state index contributed by atoms with van der Waals surface area (Å²) in [5.41, 5.74) is 0.596. The fourth-order valence-electron chi connectivity index (χ4n) is 2.91. The smallest absolute Gasteiger partial charge is 0.302 e. The Hall–Kier alpha value is -2.92. The van der Waals surface area contributed by atoms with E-state index in [1.54, 1.807) is 12.1 Å². The summed E-state index contributed by atoms with van der Waals surface area (Å²) in [6, 6.07) is 12.0. The van der Waals surface area contributed by atoms with Gasteiger partial charge in [0, 0.05) is 17.1 Å². The van der Waals surface area contributed by atoms with Crippen LogP contribution in [0.5, 0.6) is 0 Å². The maximum Gasteiger partial charge on any atom is 0.416 e. The zero-order valence-electron chi connectivity index (χ0n) is 16.1. The lowest BCUT2D eigenvalue weighted by atomic mass is 10.2. The van der Waals surface area contributed by atoms with Gasteiger partial charge in [0.1, 0.15) is 0 Å². The summed E-state index contributed by atoms with van der Waals surface area (Å²) in [5.74, 6) is 1.54. The van der Waals surface area contributed by atoms with Crippen molar-refractivity contribution >= 4 is 23.4 Å². The first-order valence-electron chi connectivity index (χ1n) is 9.13. The second kappa shape index (κ2) is 8.67. The molecule has 0 amide bonds. The van der Waals surface area contributed by atoms with Crippen molar-refractivity contribution in [3.8, 4) is 17.1 Å². The van der Waals surface area contributed by atoms with Gasteiger partial charge in [-0.15, -0.1) is 15.3 Å². The Labute approximate surface area is 184 Å². The quantitative estimate of drug-likeness (QED) is 0.377. The van der Waals surface area contributed by atoms with Gasteiger partial charge in [-0.1, -0.05) is 23.4 Å². The Morgan fingerprint density at radius 3 is 2.32 bits per heavy atom. The molecule has 12 heteroatoms. The second-order valence-electron chi connectivity index (χ2n) is 6.40. The average molecular weight is 466 g/mol. The average Bonchev–Trinajstić information content (AvgIpc) is 3.39. The first kappa shape index (κ1) is 21.3. The number of benzene rings is 2. The first-order valence-corrected chi connectivity index (χ1v) is 10.5. The molecule has 0 fully saturated rings. The van der Waals surface area contributed by atoms with Crippen LogP contribution in [0.25, 0.3) is 17.1 Å². The number of aromatic nitrogens is 7. The van der Waals surface area contributed by atoms with Crippen molar-refractivity contribution in [2.45, 2.75) is 30.6 Å². The summed E-state index contributed by atoms with van der Waals surface area (Å²) in [5, 5.41) is 21.4. The summed E-state index contributed by atoms with van der Waals surface area (Å²) >= 11 is 7.34. The summed E-state index contributed by atoms with van der Waals surface area (Å²) in [7, 11) is 0. The highest BCUT2D eigenvalue weighted by molar-refractivity contribution is 7.98. The Bertz CT molecular complexity index is 1170. The van der Waals surface area contributed by atoms with E-state index in [0.29, 0.717) is 39.8 Å². The van der Waals surface area contributed by atoms with Gasteiger partial charge in [0.05, 0.1) is 17.0 Å². The van der Waals surface area contributed by atoms with Gasteiger partial charge in [-0.2, -0.15) is 17.9 Å². The molecule has 2 heterocycles. The van der Waals surface area contributed by atoms with Crippen LogP contribution in [0.4, 0.5) is 13.2 Å². The highest BCUT2D eigenvalue weighted by Gasteiger charge is 2.30. The SMILES string of the molecule is CCn1c(SCc2nnnn2-c2ccc(C(F)(F)F)cc2)nnc1-c1ccc(Cl)cc1. The van der Waals surface area contributed by atoms with Gasteiger partial charge in [0.2, 0.25) is 0 Å². The Balaban J connectivity index is 1.54. The van der Waals surface area contributed by atoms with Gasteiger partial charge in [-0.05, 0) is 65.9 Å². The van der Waals surface area contributed by atoms with E-state index in [4.69, 9.17) is 11.6 Å². The third-order valence-corrected chi connectivity index (χ3v) is 5.65. The fourth-order valence-corrected chi connectivity index (χ4v) is 3.94. The van der Waals surface area contributed by atoms with E-state index in [-0.39, 0.29) is 0 Å². The van der Waals surface area contributed by atoms with Crippen LogP contribution in [0.3, 0.4) is 0 Å². The molecular formula is C19H15ClF3N7S. The van der Waals surface area contributed by atoms with Gasteiger partial charge in [0.25, 0.3) is 0 Å². The van der Waals surface area contributed by atoms with Crippen LogP contribution in [-0.4, -0.2) is 35.0 Å². The maximum atomic E-state index is 12.8. The molecule has 31 heavy (non-hydrogen) atoms. The molecule has 0 bridgehead atoms. The van der Waals surface area contributed by atoms with E-state index in [9.17, 15) is 13.2 Å². The van der Waals surface area contributed by atoms with Crippen molar-refractivity contribution in [3.05, 3.63) is 64.9 Å². The van der Waals surface area contributed by atoms with Crippen LogP contribution < -0.4 is 0 Å². The predicted molar refractivity (Wildman–Crippen MR) is 110 cm³/mol. The van der Waals surface area contributed by atoms with Crippen molar-refractivity contribution in [1.82, 2.24) is 35.0 Å². The monoisotopic (exact) mass is 465 g/mol. The summed E-state index contributed by atoms with van der Waals surface area (Å²) < 4.78 is 41.7. The van der Waals surface area contributed by atoms with Crippen molar-refractivity contribution in [1.29, 1.82) is 0 Å². The minimum atomic E-state index is -4.40. The van der Waals surface area contributed by atoms with Crippen LogP contribution in [0, 0.1) is 0 Å². The number of tetrazole rings is 1. The van der Waals surface area contributed by atoms with E-state index in [1.165, 1.54) is 28.6 Å². The fraction of sp³-hybridized carbons (Fsp3) is 0.211. The van der Waals surface area contributed by atoms with E-state index < -0.39 is 11.7 Å². The van der Waals surface area contributed by atoms with Crippen molar-refractivity contribution in [2.24, 2.45) is 0 Å². The summed E-state index contributed by atoms with van der Waals surface area (Å²) in [6.07, 6.45) is -4.40. The second-order valence-corrected chi connectivity index (χ2v) is 7.78. The molecule has 2 aromatic carbocycles. The molecule has 160 valence electrons. The normalized spacial score (nSPS) is 11.8. The van der Waals surface area contributed by atoms with Crippen molar-refractivity contribution < 1.29 is 13.2 Å². The zero-order valence-corrected chi connectivity index (χ0v) is 17.7. The number of thioether (sulfide) groups is 1. The van der Waals surface area contributed by atoms with Gasteiger partial charge in [0.15, 0.2) is 16.8 Å². The molecule has 0 atom stereocenters. The largest absolute Gasteiger partial charge is 0.416 e. The standard InChI is InChI=1S/C19H15ClF3N7S/c1-2-29-17(12-3-7-14(20)8-4-12)25-26-18(29)31-11-16-24-27-28-30(16)15-9-5-13(6-10-15)19(21,22)23/h3-10H,2,11H2,1H3. The molecule has 0 spiro atoms. The van der Waals surface area contributed by atoms with E-state index in [0.717, 1.165) is 17.7 Å². The van der Waals surface area contributed by atoms with Gasteiger partial charge >= 0.3 is 6.18 Å². The topological polar surface area (TPSA) is 74.3 Å². The van der Waals surface area contributed by atoms with Gasteiger partial charge < -0.3 is 4.57 Å². The number of halogens is 4. The number of hydrogen-bond acceptors (Lipinski definition) is 6. The minimum Gasteiger partial charge on any atom is -0.302 e. The Morgan fingerprint density at radius 1 is 0.968 bits per heavy atom. The number of alkyl halides is 3. The van der Waals surface area contributed by atoms with Crippen LogP contribution in [0.2, 0.25) is 5.02 Å². The van der Waals surface area contributed by atoms with Crippen LogP contribution in [0.1, 0.15) is 18.3 Å². The predicted octanol–water partition coefficient (Wildman–Crippen LogP) is 4.91. The lowest BCUT2D eigenvalue weighted by Crippen LogP contribution is -2.07. The maximum absolute atomic E-state index is 12.8. The highest BCUT2D eigenvalue weighted by Crippen LogP contribution is 2.30. The van der Waals surface area contributed by atoms with Crippen LogP contribution in [-0.2, 0) is 18.5 Å². The van der Waals surface area contributed by atoms with Gasteiger partial charge in [-0.3, -0.25) is 0 Å². The number of hydrogen-bond donors (Lipinski definition) is 0. The molecule has 0 saturated carbocycles. The van der Waals surface area contributed by atoms with E-state index >= 15 is 0 Å². The molecule has 0 saturated heterocycles. The molecule has 0 aliphatic rings. The minimum absolute atomic E-state index is 0.354. The zero-order chi connectivity index (χ0) is 22.0. The molecule has 7 nitrogen and oxygen atoms in total. The summed E-state index contributed by atoms with van der Waals surface area (Å²) in [6.45, 7) is 2.64. The lowest BCUT2D eigenvalue weighted by Gasteiger charge is -2.09. The Morgan fingerprint density at radius 2 is 1.68 bits per heavy atom. The molecular weight excluding hydrogens is 451 g/mol. The van der Waals surface area contributed by atoms with E-state index in [2.05, 4.69) is 25.7 Å². The van der Waals surface area contributed by atoms with Crippen molar-refractivity contribution in [2.75, 3.05) is 0 Å². The van der Waals surface area contributed by atoms with E-state index in [1.807, 2.05) is 23.6 Å². The lowest BCUT2D eigenvalue weighted by molar-refractivity contribution is -0.137. The molecule has 0 unspecified atom stereocenters. The summed E-state index contributed by atoms with van der Waals surface area (Å²) in [4.78, 5) is 0. The highest BCUT2D eigenvalue weighted by atomic mass is 35.5. The number of rotatable bonds is 6.